The summed E-state index contributed by atoms with van der Waals surface area (Å²) in [7, 11) is 0. The summed E-state index contributed by atoms with van der Waals surface area (Å²) in [6.07, 6.45) is 0.506. The molecule has 0 radical (unpaired) electrons. The van der Waals surface area contributed by atoms with E-state index >= 15 is 0 Å². The van der Waals surface area contributed by atoms with Gasteiger partial charge >= 0.3 is 0 Å². The number of carbonyl (C=O) groups excluding carboxylic acids is 1. The summed E-state index contributed by atoms with van der Waals surface area (Å²) in [6, 6.07) is 0. The van der Waals surface area contributed by atoms with Crippen molar-refractivity contribution in [3.05, 3.63) is 15.6 Å². The van der Waals surface area contributed by atoms with Crippen molar-refractivity contribution in [1.82, 2.24) is 4.98 Å². The van der Waals surface area contributed by atoms with Crippen LogP contribution in [0.3, 0.4) is 0 Å². The molecule has 4 heteroatoms. The molecule has 78 valence electrons. The Bertz CT molecular complexity index is 300. The number of carbonyl (C=O) groups is 1. The van der Waals surface area contributed by atoms with Gasteiger partial charge in [-0.2, -0.15) is 11.8 Å². The second-order valence-corrected chi connectivity index (χ2v) is 5.66. The van der Waals surface area contributed by atoms with Gasteiger partial charge in [0.1, 0.15) is 10.8 Å². The quantitative estimate of drug-likeness (QED) is 0.777. The number of aromatic nitrogens is 1. The van der Waals surface area contributed by atoms with Crippen LogP contribution in [0.25, 0.3) is 0 Å². The van der Waals surface area contributed by atoms with Crippen LogP contribution >= 0.6 is 23.1 Å². The van der Waals surface area contributed by atoms with Crippen LogP contribution in [0.5, 0.6) is 0 Å². The minimum Gasteiger partial charge on any atom is -0.298 e. The van der Waals surface area contributed by atoms with Crippen LogP contribution in [-0.4, -0.2) is 22.3 Å². The van der Waals surface area contributed by atoms with E-state index in [1.54, 1.807) is 23.1 Å². The maximum Gasteiger partial charge on any atom is 0.149 e. The topological polar surface area (TPSA) is 30.0 Å². The number of hydrogen-bond acceptors (Lipinski definition) is 4. The summed E-state index contributed by atoms with van der Waals surface area (Å²) in [6.45, 7) is 6.10. The highest BCUT2D eigenvalue weighted by atomic mass is 32.2. The first-order valence-electron chi connectivity index (χ1n) is 4.65. The average molecular weight is 229 g/mol. The van der Waals surface area contributed by atoms with Gasteiger partial charge in [0.15, 0.2) is 0 Å². The lowest BCUT2D eigenvalue weighted by molar-refractivity contribution is -0.116. The van der Waals surface area contributed by atoms with Crippen LogP contribution in [0.4, 0.5) is 0 Å². The van der Waals surface area contributed by atoms with Crippen LogP contribution < -0.4 is 0 Å². The average Bonchev–Trinajstić information content (AvgIpc) is 2.42. The van der Waals surface area contributed by atoms with Crippen molar-refractivity contribution in [3.63, 3.8) is 0 Å². The normalized spacial score (nSPS) is 10.5. The van der Waals surface area contributed by atoms with E-state index in [1.165, 1.54) is 4.88 Å². The molecule has 0 atom stereocenters. The zero-order valence-corrected chi connectivity index (χ0v) is 10.4. The standard InChI is InChI=1S/C10H15NOS2/c1-4-13-6-9(12)5-10-11-7(2)8(3)14-10/h4-6H2,1-3H3. The van der Waals surface area contributed by atoms with Crippen LogP contribution in [-0.2, 0) is 11.2 Å². The van der Waals surface area contributed by atoms with Crippen LogP contribution in [0.1, 0.15) is 22.5 Å². The fourth-order valence-corrected chi connectivity index (χ4v) is 2.55. The molecule has 0 aliphatic rings. The Balaban J connectivity index is 2.48. The summed E-state index contributed by atoms with van der Waals surface area (Å²) in [5.41, 5.74) is 1.06. The number of thioether (sulfide) groups is 1. The van der Waals surface area contributed by atoms with Gasteiger partial charge in [-0.05, 0) is 19.6 Å². The maximum atomic E-state index is 11.4. The first-order valence-corrected chi connectivity index (χ1v) is 6.63. The van der Waals surface area contributed by atoms with Crippen molar-refractivity contribution in [2.24, 2.45) is 0 Å². The maximum absolute atomic E-state index is 11.4. The Labute approximate surface area is 93.1 Å². The first-order chi connectivity index (χ1) is 6.63. The lowest BCUT2D eigenvalue weighted by Gasteiger charge is -1.95. The molecule has 0 spiro atoms. The Morgan fingerprint density at radius 2 is 2.21 bits per heavy atom. The predicted molar refractivity (Wildman–Crippen MR) is 63.3 cm³/mol. The van der Waals surface area contributed by atoms with Gasteiger partial charge in [-0.3, -0.25) is 4.79 Å². The van der Waals surface area contributed by atoms with E-state index in [-0.39, 0.29) is 5.78 Å². The minimum absolute atomic E-state index is 0.283. The molecule has 1 rings (SSSR count). The zero-order valence-electron chi connectivity index (χ0n) is 8.79. The Morgan fingerprint density at radius 1 is 1.50 bits per heavy atom. The van der Waals surface area contributed by atoms with Gasteiger partial charge in [-0.1, -0.05) is 6.92 Å². The van der Waals surface area contributed by atoms with Crippen LogP contribution in [0.15, 0.2) is 0 Å². The largest absolute Gasteiger partial charge is 0.298 e. The van der Waals surface area contributed by atoms with Crippen LogP contribution in [0, 0.1) is 13.8 Å². The molecule has 14 heavy (non-hydrogen) atoms. The zero-order chi connectivity index (χ0) is 10.6. The summed E-state index contributed by atoms with van der Waals surface area (Å²) in [4.78, 5) is 17.0. The van der Waals surface area contributed by atoms with E-state index in [2.05, 4.69) is 11.9 Å². The molecule has 1 aromatic heterocycles. The van der Waals surface area contributed by atoms with E-state index in [9.17, 15) is 4.79 Å². The molecule has 0 aliphatic heterocycles. The molecular formula is C10H15NOS2. The molecule has 2 nitrogen and oxygen atoms in total. The van der Waals surface area contributed by atoms with Crippen molar-refractivity contribution in [2.45, 2.75) is 27.2 Å². The Morgan fingerprint density at radius 3 is 2.71 bits per heavy atom. The summed E-state index contributed by atoms with van der Waals surface area (Å²) in [5.74, 6) is 1.90. The molecule has 0 amide bonds. The van der Waals surface area contributed by atoms with Crippen molar-refractivity contribution in [1.29, 1.82) is 0 Å². The molecule has 0 N–H and O–H groups in total. The molecule has 0 fully saturated rings. The SMILES string of the molecule is CCSCC(=O)Cc1nc(C)c(C)s1. The molecule has 0 aromatic carbocycles. The van der Waals surface area contributed by atoms with Gasteiger partial charge in [0.25, 0.3) is 0 Å². The smallest absolute Gasteiger partial charge is 0.149 e. The molecule has 0 unspecified atom stereocenters. The van der Waals surface area contributed by atoms with E-state index in [0.29, 0.717) is 12.2 Å². The number of thiazole rings is 1. The third-order valence-corrected chi connectivity index (χ3v) is 3.90. The van der Waals surface area contributed by atoms with Gasteiger partial charge in [0.05, 0.1) is 17.9 Å². The monoisotopic (exact) mass is 229 g/mol. The van der Waals surface area contributed by atoms with Gasteiger partial charge < -0.3 is 0 Å². The predicted octanol–water partition coefficient (Wildman–Crippen LogP) is 2.62. The first kappa shape index (κ1) is 11.7. The minimum atomic E-state index is 0.283. The van der Waals surface area contributed by atoms with Gasteiger partial charge in [0.2, 0.25) is 0 Å². The van der Waals surface area contributed by atoms with Crippen molar-refractivity contribution >= 4 is 28.9 Å². The second kappa shape index (κ2) is 5.51. The number of aryl methyl sites for hydroxylation is 2. The van der Waals surface area contributed by atoms with Gasteiger partial charge in [-0.25, -0.2) is 4.98 Å². The van der Waals surface area contributed by atoms with E-state index in [1.807, 2.05) is 13.8 Å². The fraction of sp³-hybridized carbons (Fsp3) is 0.600. The number of nitrogens with zero attached hydrogens (tertiary/aromatic N) is 1. The Hall–Kier alpha value is -0.350. The summed E-state index contributed by atoms with van der Waals surface area (Å²) >= 11 is 3.31. The molecule has 1 aromatic rings. The number of Topliss-reactive ketones (excluding diaryl/α,β-unsaturated/α-hetero) is 1. The lowest BCUT2D eigenvalue weighted by atomic mass is 10.3. The van der Waals surface area contributed by atoms with Gasteiger partial charge in [0, 0.05) is 4.88 Å². The van der Waals surface area contributed by atoms with Crippen molar-refractivity contribution in [2.75, 3.05) is 11.5 Å². The molecular weight excluding hydrogens is 214 g/mol. The third kappa shape index (κ3) is 3.42. The highest BCUT2D eigenvalue weighted by Gasteiger charge is 2.08. The second-order valence-electron chi connectivity index (χ2n) is 3.10. The highest BCUT2D eigenvalue weighted by molar-refractivity contribution is 7.99. The molecule has 1 heterocycles. The summed E-state index contributed by atoms with van der Waals surface area (Å²) < 4.78 is 0. The van der Waals surface area contributed by atoms with E-state index in [0.717, 1.165) is 16.5 Å². The number of rotatable bonds is 5. The number of ketones is 1. The highest BCUT2D eigenvalue weighted by Crippen LogP contribution is 2.17. The molecule has 0 saturated carbocycles. The molecule has 0 saturated heterocycles. The molecule has 0 aliphatic carbocycles. The van der Waals surface area contributed by atoms with Crippen LogP contribution in [0.2, 0.25) is 0 Å². The van der Waals surface area contributed by atoms with Gasteiger partial charge in [-0.15, -0.1) is 11.3 Å². The van der Waals surface area contributed by atoms with E-state index < -0.39 is 0 Å². The van der Waals surface area contributed by atoms with E-state index in [4.69, 9.17) is 0 Å². The lowest BCUT2D eigenvalue weighted by Crippen LogP contribution is -2.05. The molecule has 0 bridgehead atoms. The number of hydrogen-bond donors (Lipinski definition) is 0. The third-order valence-electron chi connectivity index (χ3n) is 1.89. The fourth-order valence-electron chi connectivity index (χ4n) is 1.05. The summed E-state index contributed by atoms with van der Waals surface area (Å²) in [5, 5.41) is 0.960. The Kier molecular flexibility index (Phi) is 4.62. The van der Waals surface area contributed by atoms with Crippen molar-refractivity contribution in [3.8, 4) is 0 Å². The van der Waals surface area contributed by atoms with Crippen molar-refractivity contribution < 1.29 is 4.79 Å².